The summed E-state index contributed by atoms with van der Waals surface area (Å²) in [5, 5.41) is 0. The van der Waals surface area contributed by atoms with Crippen molar-refractivity contribution in [3.8, 4) is 17.1 Å². The van der Waals surface area contributed by atoms with Gasteiger partial charge in [-0.2, -0.15) is 0 Å². The molecule has 0 N–H and O–H groups in total. The number of nitrogens with zero attached hydrogens (tertiary/aromatic N) is 3. The maximum atomic E-state index is 6.13. The quantitative estimate of drug-likeness (QED) is 0.400. The minimum absolute atomic E-state index is 0.725. The van der Waals surface area contributed by atoms with Crippen LogP contribution in [0.25, 0.3) is 22.4 Å². The summed E-state index contributed by atoms with van der Waals surface area (Å²) >= 11 is 0. The van der Waals surface area contributed by atoms with Crippen LogP contribution in [-0.4, -0.2) is 40.7 Å². The van der Waals surface area contributed by atoms with Crippen molar-refractivity contribution in [2.24, 2.45) is 0 Å². The van der Waals surface area contributed by atoms with E-state index in [1.54, 1.807) is 0 Å². The number of fused-ring (bicyclic) bond motifs is 1. The fourth-order valence-corrected chi connectivity index (χ4v) is 4.42. The highest BCUT2D eigenvalue weighted by atomic mass is 16.5. The van der Waals surface area contributed by atoms with Crippen LogP contribution in [0.3, 0.4) is 0 Å². The Labute approximate surface area is 184 Å². The molecule has 1 saturated heterocycles. The number of hydrogen-bond donors (Lipinski definition) is 0. The molecule has 3 aromatic carbocycles. The highest BCUT2D eigenvalue weighted by Gasteiger charge is 2.15. The Morgan fingerprint density at radius 3 is 2.55 bits per heavy atom. The first-order valence-corrected chi connectivity index (χ1v) is 11.2. The van der Waals surface area contributed by atoms with E-state index in [9.17, 15) is 0 Å². The third-order valence-corrected chi connectivity index (χ3v) is 6.05. The molecule has 2 heterocycles. The zero-order valence-electron chi connectivity index (χ0n) is 18.1. The van der Waals surface area contributed by atoms with Gasteiger partial charge >= 0.3 is 0 Å². The molecule has 4 aromatic rings. The Kier molecular flexibility index (Phi) is 5.72. The van der Waals surface area contributed by atoms with Gasteiger partial charge in [-0.25, -0.2) is 4.98 Å². The van der Waals surface area contributed by atoms with Crippen molar-refractivity contribution >= 4 is 11.0 Å². The van der Waals surface area contributed by atoms with Crippen LogP contribution in [0.2, 0.25) is 0 Å². The standard InChI is InChI=1S/C27H29N3O/c1-21-8-7-11-23(18-21)27-28-25-13-12-24(31-17-16-29-14-5-6-15-29)19-26(25)30(27)20-22-9-3-2-4-10-22/h2-4,7-13,18-19H,5-6,14-17,20H2,1H3. The SMILES string of the molecule is Cc1cccc(-c2nc3ccc(OCCN4CCCC4)cc3n2Cc2ccccc2)c1. The second-order valence-corrected chi connectivity index (χ2v) is 8.42. The summed E-state index contributed by atoms with van der Waals surface area (Å²) in [6.45, 7) is 7.02. The molecule has 4 nitrogen and oxygen atoms in total. The van der Waals surface area contributed by atoms with Gasteiger partial charge in [0.15, 0.2) is 0 Å². The van der Waals surface area contributed by atoms with Gasteiger partial charge in [-0.15, -0.1) is 0 Å². The minimum Gasteiger partial charge on any atom is -0.492 e. The van der Waals surface area contributed by atoms with Crippen molar-refractivity contribution in [1.82, 2.24) is 14.5 Å². The Balaban J connectivity index is 1.49. The maximum absolute atomic E-state index is 6.13. The van der Waals surface area contributed by atoms with Gasteiger partial charge in [0.05, 0.1) is 11.0 Å². The van der Waals surface area contributed by atoms with Gasteiger partial charge < -0.3 is 9.30 Å². The Bertz CT molecular complexity index is 1160. The lowest BCUT2D eigenvalue weighted by atomic mass is 10.1. The molecule has 0 saturated carbocycles. The van der Waals surface area contributed by atoms with Gasteiger partial charge in [-0.05, 0) is 56.6 Å². The third-order valence-electron chi connectivity index (χ3n) is 6.05. The van der Waals surface area contributed by atoms with Gasteiger partial charge in [0.25, 0.3) is 0 Å². The van der Waals surface area contributed by atoms with E-state index < -0.39 is 0 Å². The molecule has 0 radical (unpaired) electrons. The van der Waals surface area contributed by atoms with Crippen LogP contribution in [-0.2, 0) is 6.54 Å². The maximum Gasteiger partial charge on any atom is 0.141 e. The van der Waals surface area contributed by atoms with Crippen molar-refractivity contribution < 1.29 is 4.74 Å². The summed E-state index contributed by atoms with van der Waals surface area (Å²) in [5.74, 6) is 1.91. The van der Waals surface area contributed by atoms with Crippen LogP contribution in [0.5, 0.6) is 5.75 Å². The number of ether oxygens (including phenoxy) is 1. The minimum atomic E-state index is 0.725. The number of likely N-dealkylation sites (tertiary alicyclic amines) is 1. The normalized spacial score (nSPS) is 14.4. The van der Waals surface area contributed by atoms with Gasteiger partial charge in [0.1, 0.15) is 18.2 Å². The van der Waals surface area contributed by atoms with Gasteiger partial charge in [-0.1, -0.05) is 54.1 Å². The van der Waals surface area contributed by atoms with E-state index in [4.69, 9.17) is 9.72 Å². The van der Waals surface area contributed by atoms with E-state index in [1.807, 2.05) is 6.07 Å². The smallest absolute Gasteiger partial charge is 0.141 e. The van der Waals surface area contributed by atoms with Crippen LogP contribution in [0.15, 0.2) is 72.8 Å². The van der Waals surface area contributed by atoms with Crippen LogP contribution in [0.4, 0.5) is 0 Å². The van der Waals surface area contributed by atoms with E-state index in [2.05, 4.69) is 83.1 Å². The van der Waals surface area contributed by atoms with E-state index in [0.29, 0.717) is 0 Å². The van der Waals surface area contributed by atoms with Crippen LogP contribution in [0, 0.1) is 6.92 Å². The molecule has 1 fully saturated rings. The van der Waals surface area contributed by atoms with Crippen molar-refractivity contribution in [2.75, 3.05) is 26.2 Å². The third kappa shape index (κ3) is 4.49. The van der Waals surface area contributed by atoms with Crippen molar-refractivity contribution in [3.63, 3.8) is 0 Å². The van der Waals surface area contributed by atoms with Crippen molar-refractivity contribution in [1.29, 1.82) is 0 Å². The van der Waals surface area contributed by atoms with Crippen LogP contribution >= 0.6 is 0 Å². The molecule has 0 spiro atoms. The summed E-state index contributed by atoms with van der Waals surface area (Å²) in [4.78, 5) is 7.48. The van der Waals surface area contributed by atoms with Crippen molar-refractivity contribution in [2.45, 2.75) is 26.3 Å². The van der Waals surface area contributed by atoms with Gasteiger partial charge in [0, 0.05) is 24.7 Å². The lowest BCUT2D eigenvalue weighted by Crippen LogP contribution is -2.25. The fourth-order valence-electron chi connectivity index (χ4n) is 4.42. The van der Waals surface area contributed by atoms with E-state index in [1.165, 1.54) is 37.1 Å². The molecular weight excluding hydrogens is 382 g/mol. The molecule has 0 atom stereocenters. The Morgan fingerprint density at radius 2 is 1.74 bits per heavy atom. The molecule has 0 bridgehead atoms. The molecule has 1 aromatic heterocycles. The molecule has 5 rings (SSSR count). The molecule has 1 aliphatic rings. The van der Waals surface area contributed by atoms with E-state index >= 15 is 0 Å². The largest absolute Gasteiger partial charge is 0.492 e. The monoisotopic (exact) mass is 411 g/mol. The van der Waals surface area contributed by atoms with Crippen molar-refractivity contribution in [3.05, 3.63) is 83.9 Å². The molecule has 158 valence electrons. The first kappa shape index (κ1) is 19.8. The highest BCUT2D eigenvalue weighted by molar-refractivity contribution is 5.82. The Hall–Kier alpha value is -3.11. The molecule has 0 amide bonds. The second kappa shape index (κ2) is 8.94. The molecular formula is C27H29N3O. The van der Waals surface area contributed by atoms with Gasteiger partial charge in [-0.3, -0.25) is 4.90 Å². The topological polar surface area (TPSA) is 30.3 Å². The number of aromatic nitrogens is 2. The lowest BCUT2D eigenvalue weighted by Gasteiger charge is -2.15. The predicted octanol–water partition coefficient (Wildman–Crippen LogP) is 5.53. The van der Waals surface area contributed by atoms with E-state index in [-0.39, 0.29) is 0 Å². The number of imidazole rings is 1. The summed E-state index contributed by atoms with van der Waals surface area (Å²) in [7, 11) is 0. The first-order chi connectivity index (χ1) is 15.3. The summed E-state index contributed by atoms with van der Waals surface area (Å²) < 4.78 is 8.44. The molecule has 1 aliphatic heterocycles. The number of hydrogen-bond acceptors (Lipinski definition) is 3. The zero-order chi connectivity index (χ0) is 21.0. The molecule has 0 aliphatic carbocycles. The molecule has 31 heavy (non-hydrogen) atoms. The molecule has 4 heteroatoms. The van der Waals surface area contributed by atoms with E-state index in [0.717, 1.165) is 47.9 Å². The average Bonchev–Trinajstić information content (AvgIpc) is 3.43. The predicted molar refractivity (Wildman–Crippen MR) is 127 cm³/mol. The lowest BCUT2D eigenvalue weighted by molar-refractivity contribution is 0.238. The fraction of sp³-hybridized carbons (Fsp3) is 0.296. The van der Waals surface area contributed by atoms with Crippen LogP contribution < -0.4 is 4.74 Å². The molecule has 0 unspecified atom stereocenters. The van der Waals surface area contributed by atoms with Crippen LogP contribution in [0.1, 0.15) is 24.0 Å². The number of aryl methyl sites for hydroxylation is 1. The highest BCUT2D eigenvalue weighted by Crippen LogP contribution is 2.29. The number of benzene rings is 3. The van der Waals surface area contributed by atoms with Gasteiger partial charge in [0.2, 0.25) is 0 Å². The summed E-state index contributed by atoms with van der Waals surface area (Å²) in [6, 6.07) is 25.4. The average molecular weight is 412 g/mol. The summed E-state index contributed by atoms with van der Waals surface area (Å²) in [5.41, 5.74) is 5.75. The number of rotatable bonds is 7. The second-order valence-electron chi connectivity index (χ2n) is 8.42. The Morgan fingerprint density at radius 1 is 0.903 bits per heavy atom. The zero-order valence-corrected chi connectivity index (χ0v) is 18.1. The summed E-state index contributed by atoms with van der Waals surface area (Å²) in [6.07, 6.45) is 2.62. The first-order valence-electron chi connectivity index (χ1n) is 11.2.